The third-order valence-electron chi connectivity index (χ3n) is 3.90. The number of rotatable bonds is 8. The van der Waals surface area contributed by atoms with Gasteiger partial charge in [-0.1, -0.05) is 41.9 Å². The second-order valence-electron chi connectivity index (χ2n) is 6.22. The molecule has 0 aliphatic rings. The van der Waals surface area contributed by atoms with Gasteiger partial charge >= 0.3 is 0 Å². The molecule has 2 N–H and O–H groups in total. The molecule has 146 valence electrons. The van der Waals surface area contributed by atoms with Crippen molar-refractivity contribution in [3.05, 3.63) is 87.1 Å². The zero-order chi connectivity index (χ0) is 20.0. The molecule has 0 aliphatic heterocycles. The van der Waals surface area contributed by atoms with Crippen LogP contribution in [0.5, 0.6) is 0 Å². The maximum absolute atomic E-state index is 12.3. The maximum Gasteiger partial charge on any atom is 0.236 e. The van der Waals surface area contributed by atoms with Crippen molar-refractivity contribution in [3.63, 3.8) is 0 Å². The third kappa shape index (κ3) is 6.37. The van der Waals surface area contributed by atoms with E-state index < -0.39 is 10.0 Å². The van der Waals surface area contributed by atoms with Crippen molar-refractivity contribution in [1.82, 2.24) is 5.32 Å². The highest BCUT2D eigenvalue weighted by molar-refractivity contribution is 7.91. The number of benzene rings is 2. The topological polar surface area (TPSA) is 75.3 Å². The standard InChI is InChI=1S/C20H19ClN2O3S2/c21-17-7-3-16(4-8-17)14-28(25,26)23-18-9-5-15(6-10-18)12-20(24)22-13-19-2-1-11-27-19/h1-11,23H,12-14H2,(H,22,24). The predicted octanol–water partition coefficient (Wildman–Crippen LogP) is 4.20. The lowest BCUT2D eigenvalue weighted by Crippen LogP contribution is -2.24. The van der Waals surface area contributed by atoms with Crippen molar-refractivity contribution in [1.29, 1.82) is 0 Å². The van der Waals surface area contributed by atoms with E-state index in [0.29, 0.717) is 22.8 Å². The molecule has 0 saturated carbocycles. The van der Waals surface area contributed by atoms with E-state index >= 15 is 0 Å². The Labute approximate surface area is 173 Å². The number of carbonyl (C=O) groups excluding carboxylic acids is 1. The lowest BCUT2D eigenvalue weighted by atomic mass is 10.1. The minimum absolute atomic E-state index is 0.0792. The highest BCUT2D eigenvalue weighted by atomic mass is 35.5. The summed E-state index contributed by atoms with van der Waals surface area (Å²) >= 11 is 7.41. The first kappa shape index (κ1) is 20.4. The van der Waals surface area contributed by atoms with Crippen LogP contribution in [0.1, 0.15) is 16.0 Å². The Kier molecular flexibility index (Phi) is 6.72. The van der Waals surface area contributed by atoms with Crippen molar-refractivity contribution in [2.45, 2.75) is 18.7 Å². The van der Waals surface area contributed by atoms with Gasteiger partial charge in [0.2, 0.25) is 15.9 Å². The van der Waals surface area contributed by atoms with Gasteiger partial charge in [-0.25, -0.2) is 8.42 Å². The Hall–Kier alpha value is -2.35. The Bertz CT molecular complexity index is 1020. The summed E-state index contributed by atoms with van der Waals surface area (Å²) in [5.41, 5.74) is 1.91. The van der Waals surface area contributed by atoms with Crippen molar-refractivity contribution in [2.24, 2.45) is 0 Å². The van der Waals surface area contributed by atoms with E-state index in [-0.39, 0.29) is 18.1 Å². The molecule has 0 saturated heterocycles. The molecule has 0 radical (unpaired) electrons. The fourth-order valence-electron chi connectivity index (χ4n) is 2.55. The van der Waals surface area contributed by atoms with Gasteiger partial charge in [0.1, 0.15) is 0 Å². The average molecular weight is 435 g/mol. The first-order valence-corrected chi connectivity index (χ1v) is 11.4. The van der Waals surface area contributed by atoms with E-state index in [0.717, 1.165) is 10.4 Å². The van der Waals surface area contributed by atoms with Gasteiger partial charge in [-0.05, 0) is 46.8 Å². The van der Waals surface area contributed by atoms with Crippen molar-refractivity contribution >= 4 is 44.6 Å². The first-order chi connectivity index (χ1) is 13.4. The van der Waals surface area contributed by atoms with Gasteiger partial charge in [-0.15, -0.1) is 11.3 Å². The Morgan fingerprint density at radius 1 is 0.964 bits per heavy atom. The summed E-state index contributed by atoms with van der Waals surface area (Å²) in [4.78, 5) is 13.1. The molecule has 0 fully saturated rings. The fourth-order valence-corrected chi connectivity index (χ4v) is 4.52. The fraction of sp³-hybridized carbons (Fsp3) is 0.150. The third-order valence-corrected chi connectivity index (χ3v) is 6.29. The molecule has 3 rings (SSSR count). The summed E-state index contributed by atoms with van der Waals surface area (Å²) in [6, 6.07) is 17.4. The SMILES string of the molecule is O=C(Cc1ccc(NS(=O)(=O)Cc2ccc(Cl)cc2)cc1)NCc1cccs1. The summed E-state index contributed by atoms with van der Waals surface area (Å²) in [6.45, 7) is 0.513. The molecule has 2 aromatic carbocycles. The number of hydrogen-bond acceptors (Lipinski definition) is 4. The van der Waals surface area contributed by atoms with Crippen LogP contribution in [0, 0.1) is 0 Å². The molecule has 1 aromatic heterocycles. The molecule has 0 spiro atoms. The van der Waals surface area contributed by atoms with Gasteiger partial charge in [-0.3, -0.25) is 9.52 Å². The molecule has 0 atom stereocenters. The molecular formula is C20H19ClN2O3S2. The van der Waals surface area contributed by atoms with Crippen LogP contribution in [0.2, 0.25) is 5.02 Å². The van der Waals surface area contributed by atoms with E-state index in [1.54, 1.807) is 59.9 Å². The second kappa shape index (κ2) is 9.23. The highest BCUT2D eigenvalue weighted by Crippen LogP contribution is 2.16. The van der Waals surface area contributed by atoms with Gasteiger partial charge in [0.15, 0.2) is 0 Å². The molecule has 0 bridgehead atoms. The van der Waals surface area contributed by atoms with Gasteiger partial charge < -0.3 is 5.32 Å². The summed E-state index contributed by atoms with van der Waals surface area (Å²) in [7, 11) is -3.54. The quantitative estimate of drug-likeness (QED) is 0.557. The highest BCUT2D eigenvalue weighted by Gasteiger charge is 2.12. The average Bonchev–Trinajstić information content (AvgIpc) is 3.17. The normalized spacial score (nSPS) is 11.2. The molecule has 0 aliphatic carbocycles. The molecule has 1 heterocycles. The van der Waals surface area contributed by atoms with Crippen LogP contribution in [0.4, 0.5) is 5.69 Å². The first-order valence-electron chi connectivity index (χ1n) is 8.52. The Balaban J connectivity index is 1.53. The smallest absolute Gasteiger partial charge is 0.236 e. The summed E-state index contributed by atoms with van der Waals surface area (Å²) in [5.74, 6) is -0.221. The minimum Gasteiger partial charge on any atom is -0.351 e. The van der Waals surface area contributed by atoms with Gasteiger partial charge in [0, 0.05) is 15.6 Å². The largest absolute Gasteiger partial charge is 0.351 e. The van der Waals surface area contributed by atoms with Gasteiger partial charge in [0.05, 0.1) is 18.7 Å². The molecule has 28 heavy (non-hydrogen) atoms. The monoisotopic (exact) mass is 434 g/mol. The number of amides is 1. The zero-order valence-corrected chi connectivity index (χ0v) is 17.3. The minimum atomic E-state index is -3.54. The molecule has 0 unspecified atom stereocenters. The predicted molar refractivity (Wildman–Crippen MR) is 114 cm³/mol. The molecule has 8 heteroatoms. The van der Waals surface area contributed by atoms with Crippen LogP contribution < -0.4 is 10.0 Å². The molecule has 1 amide bonds. The number of carbonyl (C=O) groups is 1. The van der Waals surface area contributed by atoms with Crippen LogP contribution in [0.3, 0.4) is 0 Å². The zero-order valence-electron chi connectivity index (χ0n) is 14.9. The molecular weight excluding hydrogens is 416 g/mol. The number of sulfonamides is 1. The van der Waals surface area contributed by atoms with Crippen LogP contribution in [0.25, 0.3) is 0 Å². The number of nitrogens with one attached hydrogen (secondary N) is 2. The lowest BCUT2D eigenvalue weighted by Gasteiger charge is -2.09. The summed E-state index contributed by atoms with van der Waals surface area (Å²) < 4.78 is 27.2. The Morgan fingerprint density at radius 2 is 1.64 bits per heavy atom. The van der Waals surface area contributed by atoms with Crippen molar-refractivity contribution in [2.75, 3.05) is 4.72 Å². The molecule has 5 nitrogen and oxygen atoms in total. The van der Waals surface area contributed by atoms with Gasteiger partial charge in [-0.2, -0.15) is 0 Å². The van der Waals surface area contributed by atoms with Crippen molar-refractivity contribution < 1.29 is 13.2 Å². The van der Waals surface area contributed by atoms with Crippen LogP contribution in [-0.4, -0.2) is 14.3 Å². The van der Waals surface area contributed by atoms with Crippen LogP contribution >= 0.6 is 22.9 Å². The number of thiophene rings is 1. The van der Waals surface area contributed by atoms with E-state index in [1.165, 1.54) is 0 Å². The van der Waals surface area contributed by atoms with E-state index in [9.17, 15) is 13.2 Å². The number of halogens is 1. The van der Waals surface area contributed by atoms with E-state index in [2.05, 4.69) is 10.0 Å². The maximum atomic E-state index is 12.3. The van der Waals surface area contributed by atoms with Crippen LogP contribution in [-0.2, 0) is 33.5 Å². The lowest BCUT2D eigenvalue weighted by molar-refractivity contribution is -0.120. The van der Waals surface area contributed by atoms with Crippen molar-refractivity contribution in [3.8, 4) is 0 Å². The van der Waals surface area contributed by atoms with Crippen LogP contribution in [0.15, 0.2) is 66.0 Å². The number of anilines is 1. The summed E-state index contributed by atoms with van der Waals surface area (Å²) in [6.07, 6.45) is 0.239. The molecule has 3 aromatic rings. The Morgan fingerprint density at radius 3 is 2.29 bits per heavy atom. The summed E-state index contributed by atoms with van der Waals surface area (Å²) in [5, 5.41) is 5.39. The van der Waals surface area contributed by atoms with Gasteiger partial charge in [0.25, 0.3) is 0 Å². The second-order valence-corrected chi connectivity index (χ2v) is 9.41. The van der Waals surface area contributed by atoms with E-state index in [1.807, 2.05) is 17.5 Å². The van der Waals surface area contributed by atoms with E-state index in [4.69, 9.17) is 11.6 Å². The number of hydrogen-bond donors (Lipinski definition) is 2.